The number of hydrogen-bond donors (Lipinski definition) is 1. The van der Waals surface area contributed by atoms with Gasteiger partial charge in [0.15, 0.2) is 0 Å². The number of benzene rings is 1. The maximum atomic E-state index is 12.5. The summed E-state index contributed by atoms with van der Waals surface area (Å²) in [5.41, 5.74) is 2.55. The largest absolute Gasteiger partial charge is 0.508 e. The van der Waals surface area contributed by atoms with Gasteiger partial charge in [0.1, 0.15) is 11.5 Å². The van der Waals surface area contributed by atoms with Crippen LogP contribution in [0.4, 0.5) is 0 Å². The molecule has 2 aliphatic heterocycles. The molecule has 1 aromatic carbocycles. The van der Waals surface area contributed by atoms with Crippen molar-refractivity contribution in [1.82, 2.24) is 4.90 Å². The molecule has 0 radical (unpaired) electrons. The van der Waals surface area contributed by atoms with E-state index in [-0.39, 0.29) is 5.41 Å². The highest BCUT2D eigenvalue weighted by atomic mass is 16.3. The van der Waals surface area contributed by atoms with E-state index in [0.717, 1.165) is 45.1 Å². The molecule has 1 saturated carbocycles. The molecular weight excluding hydrogens is 262 g/mol. The van der Waals surface area contributed by atoms with Crippen LogP contribution in [-0.2, 0) is 11.2 Å². The van der Waals surface area contributed by atoms with Gasteiger partial charge in [-0.25, -0.2) is 0 Å². The predicted octanol–water partition coefficient (Wildman–Crippen LogP) is 3.21. The van der Waals surface area contributed by atoms with E-state index in [9.17, 15) is 9.90 Å². The van der Waals surface area contributed by atoms with Gasteiger partial charge in [-0.1, -0.05) is 13.0 Å². The highest BCUT2D eigenvalue weighted by molar-refractivity contribution is 5.86. The molecule has 1 saturated heterocycles. The van der Waals surface area contributed by atoms with E-state index in [2.05, 4.69) is 17.9 Å². The zero-order valence-electron chi connectivity index (χ0n) is 12.6. The molecule has 3 heteroatoms. The molecule has 0 bridgehead atoms. The minimum Gasteiger partial charge on any atom is -0.508 e. The Hall–Kier alpha value is -1.35. The molecule has 0 aromatic heterocycles. The van der Waals surface area contributed by atoms with Crippen LogP contribution in [0.15, 0.2) is 18.2 Å². The third kappa shape index (κ3) is 1.87. The number of Topliss-reactive ketones (excluding diaryl/α,β-unsaturated/α-hetero) is 1. The normalized spacial score (nSPS) is 35.8. The van der Waals surface area contributed by atoms with Crippen molar-refractivity contribution in [1.29, 1.82) is 0 Å². The van der Waals surface area contributed by atoms with E-state index < -0.39 is 0 Å². The highest BCUT2D eigenvalue weighted by Crippen LogP contribution is 2.51. The van der Waals surface area contributed by atoms with Gasteiger partial charge in [0.05, 0.1) is 0 Å². The summed E-state index contributed by atoms with van der Waals surface area (Å²) in [6, 6.07) is 6.68. The van der Waals surface area contributed by atoms with Gasteiger partial charge in [-0.15, -0.1) is 0 Å². The molecule has 112 valence electrons. The van der Waals surface area contributed by atoms with Crippen LogP contribution in [0.3, 0.4) is 0 Å². The summed E-state index contributed by atoms with van der Waals surface area (Å²) in [5, 5.41) is 9.69. The lowest BCUT2D eigenvalue weighted by Crippen LogP contribution is -2.58. The number of phenolic OH excluding ortho intramolecular Hbond substituents is 1. The van der Waals surface area contributed by atoms with Crippen LogP contribution >= 0.6 is 0 Å². The average Bonchev–Trinajstić information content (AvgIpc) is 2.48. The lowest BCUT2D eigenvalue weighted by molar-refractivity contribution is -0.142. The molecule has 3 aliphatic rings. The standard InChI is InChI=1S/C18H23NO2/c1-18-9-7-15-14-6-5-13(20)11-12(14)8-10-19(15)16(18)3-2-4-17(18)21/h5-6,11,15-16,20H,2-4,7-10H2,1H3/t15-,16-,18-/m0/s1. The van der Waals surface area contributed by atoms with Crippen LogP contribution in [0, 0.1) is 5.41 Å². The minimum absolute atomic E-state index is 0.122. The van der Waals surface area contributed by atoms with Crippen LogP contribution in [0.25, 0.3) is 0 Å². The molecule has 2 fully saturated rings. The number of rotatable bonds is 0. The first-order chi connectivity index (χ1) is 10.1. The molecular formula is C18H23NO2. The van der Waals surface area contributed by atoms with Crippen molar-refractivity contribution in [3.8, 4) is 5.75 Å². The Morgan fingerprint density at radius 2 is 2.14 bits per heavy atom. The molecule has 3 atom stereocenters. The number of carbonyl (C=O) groups is 1. The van der Waals surface area contributed by atoms with Gasteiger partial charge in [0.2, 0.25) is 0 Å². The van der Waals surface area contributed by atoms with Crippen molar-refractivity contribution in [2.75, 3.05) is 6.54 Å². The Bertz CT molecular complexity index is 597. The molecule has 21 heavy (non-hydrogen) atoms. The van der Waals surface area contributed by atoms with Crippen molar-refractivity contribution in [3.63, 3.8) is 0 Å². The number of phenols is 1. The number of aromatic hydroxyl groups is 1. The van der Waals surface area contributed by atoms with E-state index in [4.69, 9.17) is 0 Å². The van der Waals surface area contributed by atoms with E-state index in [1.165, 1.54) is 11.1 Å². The van der Waals surface area contributed by atoms with Crippen molar-refractivity contribution in [2.45, 2.75) is 57.5 Å². The number of nitrogens with zero attached hydrogens (tertiary/aromatic N) is 1. The second kappa shape index (κ2) is 4.57. The second-order valence-corrected chi connectivity index (χ2v) is 7.17. The fraction of sp³-hybridized carbons (Fsp3) is 0.611. The molecule has 0 unspecified atom stereocenters. The Morgan fingerprint density at radius 1 is 1.29 bits per heavy atom. The summed E-state index contributed by atoms with van der Waals surface area (Å²) in [7, 11) is 0. The maximum absolute atomic E-state index is 12.5. The molecule has 3 nitrogen and oxygen atoms in total. The van der Waals surface area contributed by atoms with Gasteiger partial charge in [-0.2, -0.15) is 0 Å². The van der Waals surface area contributed by atoms with Gasteiger partial charge in [0.25, 0.3) is 0 Å². The van der Waals surface area contributed by atoms with Crippen molar-refractivity contribution in [2.24, 2.45) is 5.41 Å². The Kier molecular flexibility index (Phi) is 2.90. The van der Waals surface area contributed by atoms with Gasteiger partial charge in [-0.05, 0) is 55.4 Å². The molecule has 0 amide bonds. The van der Waals surface area contributed by atoms with Crippen LogP contribution in [0.5, 0.6) is 5.75 Å². The molecule has 4 rings (SSSR count). The van der Waals surface area contributed by atoms with Gasteiger partial charge in [0, 0.05) is 30.5 Å². The van der Waals surface area contributed by atoms with Gasteiger partial charge < -0.3 is 5.11 Å². The summed E-state index contributed by atoms with van der Waals surface area (Å²) in [4.78, 5) is 15.1. The van der Waals surface area contributed by atoms with Crippen LogP contribution in [-0.4, -0.2) is 28.4 Å². The summed E-state index contributed by atoms with van der Waals surface area (Å²) >= 11 is 0. The quantitative estimate of drug-likeness (QED) is 0.795. The number of ketones is 1. The lowest BCUT2D eigenvalue weighted by Gasteiger charge is -2.55. The summed E-state index contributed by atoms with van der Waals surface area (Å²) in [6.07, 6.45) is 6.04. The monoisotopic (exact) mass is 285 g/mol. The molecule has 1 aromatic rings. The number of carbonyl (C=O) groups excluding carboxylic acids is 1. The molecule has 0 spiro atoms. The Balaban J connectivity index is 1.72. The molecule has 1 aliphatic carbocycles. The zero-order chi connectivity index (χ0) is 14.6. The van der Waals surface area contributed by atoms with E-state index >= 15 is 0 Å². The summed E-state index contributed by atoms with van der Waals surface area (Å²) < 4.78 is 0. The first kappa shape index (κ1) is 13.3. The Morgan fingerprint density at radius 3 is 3.00 bits per heavy atom. The second-order valence-electron chi connectivity index (χ2n) is 7.17. The van der Waals surface area contributed by atoms with Gasteiger partial charge >= 0.3 is 0 Å². The third-order valence-corrected chi connectivity index (χ3v) is 6.12. The minimum atomic E-state index is -0.122. The number of fused-ring (bicyclic) bond motifs is 5. The first-order valence-electron chi connectivity index (χ1n) is 8.20. The zero-order valence-corrected chi connectivity index (χ0v) is 12.6. The third-order valence-electron chi connectivity index (χ3n) is 6.12. The fourth-order valence-corrected chi connectivity index (χ4v) is 4.93. The number of hydrogen-bond acceptors (Lipinski definition) is 3. The van der Waals surface area contributed by atoms with E-state index in [0.29, 0.717) is 23.6 Å². The van der Waals surface area contributed by atoms with Crippen LogP contribution in [0.2, 0.25) is 0 Å². The van der Waals surface area contributed by atoms with Crippen molar-refractivity contribution >= 4 is 5.78 Å². The Labute approximate surface area is 126 Å². The summed E-state index contributed by atoms with van der Waals surface area (Å²) in [5.74, 6) is 0.851. The van der Waals surface area contributed by atoms with Gasteiger partial charge in [-0.3, -0.25) is 9.69 Å². The van der Waals surface area contributed by atoms with Crippen LogP contribution < -0.4 is 0 Å². The highest BCUT2D eigenvalue weighted by Gasteiger charge is 2.51. The SMILES string of the molecule is C[C@]12CC[C@H]3c4ccc(O)cc4CCN3[C@H]1CCCC2=O. The van der Waals surface area contributed by atoms with Crippen molar-refractivity contribution in [3.05, 3.63) is 29.3 Å². The predicted molar refractivity (Wildman–Crippen MR) is 81.2 cm³/mol. The first-order valence-corrected chi connectivity index (χ1v) is 8.20. The topological polar surface area (TPSA) is 40.5 Å². The average molecular weight is 285 g/mol. The smallest absolute Gasteiger partial charge is 0.140 e. The lowest BCUT2D eigenvalue weighted by atomic mass is 9.63. The molecule has 1 N–H and O–H groups in total. The van der Waals surface area contributed by atoms with Crippen molar-refractivity contribution < 1.29 is 9.90 Å². The molecule has 2 heterocycles. The maximum Gasteiger partial charge on any atom is 0.140 e. The van der Waals surface area contributed by atoms with E-state index in [1.807, 2.05) is 12.1 Å². The number of piperidine rings is 1. The van der Waals surface area contributed by atoms with Crippen LogP contribution in [0.1, 0.15) is 56.2 Å². The fourth-order valence-electron chi connectivity index (χ4n) is 4.93. The van der Waals surface area contributed by atoms with E-state index in [1.54, 1.807) is 0 Å². The summed E-state index contributed by atoms with van der Waals surface area (Å²) in [6.45, 7) is 3.22.